The van der Waals surface area contributed by atoms with Crippen molar-refractivity contribution < 1.29 is 52.5 Å². The van der Waals surface area contributed by atoms with Crippen LogP contribution in [-0.2, 0) is 59.1 Å². The third-order valence-electron chi connectivity index (χ3n) is 4.04. The lowest BCUT2D eigenvalue weighted by Crippen LogP contribution is -2.53. The molecule has 4 atom stereocenters. The zero-order valence-electron chi connectivity index (χ0n) is 20.1. The summed E-state index contributed by atoms with van der Waals surface area (Å²) in [5.74, 6) is -3.97. The molecule has 1 aromatic rings. The predicted octanol–water partition coefficient (Wildman–Crippen LogP) is 1.48. The first-order chi connectivity index (χ1) is 16.5. The van der Waals surface area contributed by atoms with Gasteiger partial charge in [0.15, 0.2) is 24.4 Å². The van der Waals surface area contributed by atoms with E-state index in [1.165, 1.54) is 0 Å². The molecule has 0 radical (unpaired) electrons. The van der Waals surface area contributed by atoms with Crippen molar-refractivity contribution in [2.24, 2.45) is 5.16 Å². The van der Waals surface area contributed by atoms with Crippen LogP contribution in [0.25, 0.3) is 0 Å². The normalized spacial score (nSPS) is 14.1. The molecule has 0 fully saturated rings. The van der Waals surface area contributed by atoms with Gasteiger partial charge in [0.25, 0.3) is 0 Å². The van der Waals surface area contributed by atoms with Gasteiger partial charge in [-0.3, -0.25) is 24.0 Å². The molecule has 0 aliphatic carbocycles. The van der Waals surface area contributed by atoms with E-state index in [0.29, 0.717) is 0 Å². The van der Waals surface area contributed by atoms with Crippen molar-refractivity contribution in [1.29, 1.82) is 0 Å². The molecule has 0 aliphatic rings. The van der Waals surface area contributed by atoms with Crippen LogP contribution < -0.4 is 0 Å². The van der Waals surface area contributed by atoms with Gasteiger partial charge < -0.3 is 28.5 Å². The minimum atomic E-state index is -1.55. The van der Waals surface area contributed by atoms with Crippen LogP contribution in [0.1, 0.15) is 40.2 Å². The molecular formula is C23H29NO11. The summed E-state index contributed by atoms with van der Waals surface area (Å²) < 4.78 is 25.9. The van der Waals surface area contributed by atoms with Crippen molar-refractivity contribution in [3.63, 3.8) is 0 Å². The lowest BCUT2D eigenvalue weighted by molar-refractivity contribution is -0.197. The van der Waals surface area contributed by atoms with Gasteiger partial charge in [-0.05, 0) is 5.56 Å². The third-order valence-corrected chi connectivity index (χ3v) is 4.04. The highest BCUT2D eigenvalue weighted by molar-refractivity contribution is 5.74. The van der Waals surface area contributed by atoms with E-state index in [-0.39, 0.29) is 6.61 Å². The highest BCUT2D eigenvalue weighted by atomic mass is 16.6. The first-order valence-electron chi connectivity index (χ1n) is 10.5. The molecule has 0 N–H and O–H groups in total. The second-order valence-corrected chi connectivity index (χ2v) is 7.19. The van der Waals surface area contributed by atoms with Gasteiger partial charge >= 0.3 is 29.8 Å². The molecule has 1 aromatic carbocycles. The Bertz CT molecular complexity index is 900. The Balaban J connectivity index is 3.31. The molecule has 0 amide bonds. The Morgan fingerprint density at radius 1 is 0.743 bits per heavy atom. The fourth-order valence-electron chi connectivity index (χ4n) is 2.83. The molecule has 0 saturated heterocycles. The van der Waals surface area contributed by atoms with E-state index in [4.69, 9.17) is 28.5 Å². The maximum atomic E-state index is 11.9. The molecule has 0 heterocycles. The van der Waals surface area contributed by atoms with Crippen LogP contribution in [0.15, 0.2) is 35.5 Å². The van der Waals surface area contributed by atoms with Gasteiger partial charge in [-0.15, -0.1) is 0 Å². The lowest BCUT2D eigenvalue weighted by atomic mass is 10.0. The number of benzene rings is 1. The molecule has 12 nitrogen and oxygen atoms in total. The molecule has 0 aromatic heterocycles. The zero-order chi connectivity index (χ0) is 26.4. The van der Waals surface area contributed by atoms with E-state index in [9.17, 15) is 24.0 Å². The van der Waals surface area contributed by atoms with Crippen molar-refractivity contribution >= 4 is 36.1 Å². The fourth-order valence-corrected chi connectivity index (χ4v) is 2.83. The Kier molecular flexibility index (Phi) is 12.5. The molecule has 0 saturated carbocycles. The summed E-state index contributed by atoms with van der Waals surface area (Å²) in [6.45, 7) is 4.96. The Hall–Kier alpha value is -3.96. The van der Waals surface area contributed by atoms with Gasteiger partial charge in [0.1, 0.15) is 13.2 Å². The molecule has 0 unspecified atom stereocenters. The SMILES string of the molecule is CC(=O)OC[C@@H](OC(C)=O)[C@@H](OC(C)=O)[C@@H](OC(C)=O)[C@@H](/C=N/OCc1ccccc1)OC(C)=O. The third kappa shape index (κ3) is 12.2. The molecule has 12 heteroatoms. The number of hydrogen-bond acceptors (Lipinski definition) is 12. The van der Waals surface area contributed by atoms with Gasteiger partial charge in [0, 0.05) is 34.6 Å². The van der Waals surface area contributed by atoms with Crippen LogP contribution in [0.4, 0.5) is 0 Å². The minimum Gasteiger partial charge on any atom is -0.462 e. The first kappa shape index (κ1) is 29.1. The smallest absolute Gasteiger partial charge is 0.303 e. The summed E-state index contributed by atoms with van der Waals surface area (Å²) in [5.41, 5.74) is 0.805. The van der Waals surface area contributed by atoms with Gasteiger partial charge in [-0.2, -0.15) is 0 Å². The number of hydrogen-bond donors (Lipinski definition) is 0. The molecule has 0 bridgehead atoms. The number of ether oxygens (including phenoxy) is 5. The first-order valence-corrected chi connectivity index (χ1v) is 10.5. The second kappa shape index (κ2) is 15.0. The van der Waals surface area contributed by atoms with Crippen molar-refractivity contribution in [1.82, 2.24) is 0 Å². The lowest BCUT2D eigenvalue weighted by Gasteiger charge is -2.34. The van der Waals surface area contributed by atoms with Gasteiger partial charge in [0.05, 0.1) is 6.21 Å². The predicted molar refractivity (Wildman–Crippen MR) is 119 cm³/mol. The van der Waals surface area contributed by atoms with E-state index < -0.39 is 60.9 Å². The van der Waals surface area contributed by atoms with Crippen molar-refractivity contribution in [2.75, 3.05) is 6.61 Å². The highest BCUT2D eigenvalue weighted by Crippen LogP contribution is 2.20. The minimum absolute atomic E-state index is 0.0816. The number of nitrogens with zero attached hydrogens (tertiary/aromatic N) is 1. The van der Waals surface area contributed by atoms with Crippen LogP contribution in [0.5, 0.6) is 0 Å². The summed E-state index contributed by atoms with van der Waals surface area (Å²) in [5, 5.41) is 3.78. The Morgan fingerprint density at radius 2 is 1.29 bits per heavy atom. The molecule has 1 rings (SSSR count). The molecule has 0 aliphatic heterocycles. The average Bonchev–Trinajstić information content (AvgIpc) is 2.75. The summed E-state index contributed by atoms with van der Waals surface area (Å²) in [7, 11) is 0. The average molecular weight is 495 g/mol. The van der Waals surface area contributed by atoms with Gasteiger partial charge in [-0.1, -0.05) is 35.5 Å². The largest absolute Gasteiger partial charge is 0.462 e. The van der Waals surface area contributed by atoms with E-state index in [1.54, 1.807) is 12.1 Å². The van der Waals surface area contributed by atoms with Gasteiger partial charge in [-0.25, -0.2) is 0 Å². The second-order valence-electron chi connectivity index (χ2n) is 7.19. The number of rotatable bonds is 13. The summed E-state index contributed by atoms with van der Waals surface area (Å²) >= 11 is 0. The van der Waals surface area contributed by atoms with E-state index in [0.717, 1.165) is 46.4 Å². The number of esters is 5. The Morgan fingerprint density at radius 3 is 1.80 bits per heavy atom. The monoisotopic (exact) mass is 495 g/mol. The van der Waals surface area contributed by atoms with Crippen LogP contribution in [-0.4, -0.2) is 67.1 Å². The topological polar surface area (TPSA) is 153 Å². The molecular weight excluding hydrogens is 466 g/mol. The molecule has 192 valence electrons. The van der Waals surface area contributed by atoms with E-state index >= 15 is 0 Å². The number of carbonyl (C=O) groups is 5. The zero-order valence-corrected chi connectivity index (χ0v) is 20.1. The van der Waals surface area contributed by atoms with Gasteiger partial charge in [0.2, 0.25) is 0 Å². The highest BCUT2D eigenvalue weighted by Gasteiger charge is 2.43. The van der Waals surface area contributed by atoms with Crippen LogP contribution in [0.3, 0.4) is 0 Å². The maximum absolute atomic E-state index is 11.9. The number of carbonyl (C=O) groups excluding carboxylic acids is 5. The maximum Gasteiger partial charge on any atom is 0.303 e. The standard InChI is InChI=1S/C23H29NO11/c1-14(25)30-13-21(33-16(3)27)23(35-18(5)29)22(34-17(4)28)20(32-15(2)26)11-24-31-12-19-9-7-6-8-10-19/h6-11,20-23H,12-13H2,1-5H3/b24-11+/t20-,21-,22+,23-/m1/s1. The summed E-state index contributed by atoms with van der Waals surface area (Å²) in [6, 6.07) is 9.05. The van der Waals surface area contributed by atoms with Crippen LogP contribution in [0, 0.1) is 0 Å². The number of oxime groups is 1. The van der Waals surface area contributed by atoms with E-state index in [1.807, 2.05) is 18.2 Å². The summed E-state index contributed by atoms with van der Waals surface area (Å²) in [6.07, 6.45) is -4.92. The molecule has 0 spiro atoms. The van der Waals surface area contributed by atoms with Crippen molar-refractivity contribution in [2.45, 2.75) is 65.6 Å². The van der Waals surface area contributed by atoms with Crippen LogP contribution in [0.2, 0.25) is 0 Å². The summed E-state index contributed by atoms with van der Waals surface area (Å²) in [4.78, 5) is 63.8. The Labute approximate surface area is 202 Å². The van der Waals surface area contributed by atoms with Crippen molar-refractivity contribution in [3.05, 3.63) is 35.9 Å². The fraction of sp³-hybridized carbons (Fsp3) is 0.478. The van der Waals surface area contributed by atoms with Crippen molar-refractivity contribution in [3.8, 4) is 0 Å². The van der Waals surface area contributed by atoms with Crippen LogP contribution >= 0.6 is 0 Å². The quantitative estimate of drug-likeness (QED) is 0.169. The molecule has 35 heavy (non-hydrogen) atoms. The van der Waals surface area contributed by atoms with E-state index in [2.05, 4.69) is 5.16 Å².